The Balaban J connectivity index is 1.52. The molecule has 1 saturated carbocycles. The molecule has 2 N–H and O–H groups in total. The summed E-state index contributed by atoms with van der Waals surface area (Å²) in [5.41, 5.74) is 6.73. The van der Waals surface area contributed by atoms with Crippen LogP contribution in [0, 0.1) is 11.8 Å². The second-order valence-electron chi connectivity index (χ2n) is 8.14. The number of nitrogens with zero attached hydrogens (tertiary/aromatic N) is 2. The van der Waals surface area contributed by atoms with Crippen molar-refractivity contribution in [1.82, 2.24) is 9.80 Å². The number of rotatable bonds is 2. The minimum Gasteiger partial charge on any atom is -0.329 e. The molecule has 0 aromatic heterocycles. The first-order chi connectivity index (χ1) is 10.3. The van der Waals surface area contributed by atoms with E-state index >= 15 is 0 Å². The number of likely N-dealkylation sites (tertiary alicyclic amines) is 1. The molecule has 4 aliphatic rings. The van der Waals surface area contributed by atoms with E-state index in [0.29, 0.717) is 5.54 Å². The van der Waals surface area contributed by atoms with Gasteiger partial charge in [0, 0.05) is 31.2 Å². The van der Waals surface area contributed by atoms with Crippen molar-refractivity contribution in [3.05, 3.63) is 0 Å². The quantitative estimate of drug-likeness (QED) is 0.848. The summed E-state index contributed by atoms with van der Waals surface area (Å²) in [5, 5.41) is 0. The first-order valence-corrected chi connectivity index (χ1v) is 9.53. The number of fused-ring (bicyclic) bond motifs is 2. The molecule has 3 heterocycles. The molecule has 0 spiro atoms. The molecule has 4 atom stereocenters. The minimum absolute atomic E-state index is 0.322. The lowest BCUT2D eigenvalue weighted by atomic mass is 9.73. The van der Waals surface area contributed by atoms with Crippen LogP contribution in [0.15, 0.2) is 0 Å². The molecule has 0 bridgehead atoms. The third-order valence-corrected chi connectivity index (χ3v) is 7.34. The Morgan fingerprint density at radius 1 is 0.857 bits per heavy atom. The average Bonchev–Trinajstić information content (AvgIpc) is 2.94. The Bertz CT molecular complexity index is 371. The molecule has 3 saturated heterocycles. The molecule has 1 aliphatic carbocycles. The predicted octanol–water partition coefficient (Wildman–Crippen LogP) is 2.45. The number of piperidine rings is 2. The number of nitrogens with two attached hydrogens (primary N) is 1. The van der Waals surface area contributed by atoms with Crippen LogP contribution in [0.1, 0.15) is 57.8 Å². The smallest absolute Gasteiger partial charge is 0.0498 e. The van der Waals surface area contributed by atoms with Crippen molar-refractivity contribution in [3.63, 3.8) is 0 Å². The van der Waals surface area contributed by atoms with Gasteiger partial charge in [-0.25, -0.2) is 0 Å². The molecular weight excluding hydrogens is 258 g/mol. The lowest BCUT2D eigenvalue weighted by molar-refractivity contribution is -0.0184. The van der Waals surface area contributed by atoms with E-state index in [1.54, 1.807) is 0 Å². The summed E-state index contributed by atoms with van der Waals surface area (Å²) < 4.78 is 0. The normalized spacial score (nSPS) is 45.3. The van der Waals surface area contributed by atoms with Gasteiger partial charge in [-0.3, -0.25) is 9.80 Å². The van der Waals surface area contributed by atoms with Gasteiger partial charge in [-0.15, -0.1) is 0 Å². The van der Waals surface area contributed by atoms with Crippen molar-refractivity contribution in [2.24, 2.45) is 17.6 Å². The Morgan fingerprint density at radius 2 is 1.67 bits per heavy atom. The summed E-state index contributed by atoms with van der Waals surface area (Å²) in [6.45, 7) is 6.18. The fraction of sp³-hybridized carbons (Fsp3) is 1.00. The van der Waals surface area contributed by atoms with Crippen LogP contribution >= 0.6 is 0 Å². The van der Waals surface area contributed by atoms with Crippen LogP contribution < -0.4 is 5.73 Å². The lowest BCUT2D eigenvalue weighted by Crippen LogP contribution is -2.64. The van der Waals surface area contributed by atoms with E-state index in [9.17, 15) is 0 Å². The van der Waals surface area contributed by atoms with E-state index in [2.05, 4.69) is 9.80 Å². The fourth-order valence-corrected chi connectivity index (χ4v) is 6.11. The van der Waals surface area contributed by atoms with Gasteiger partial charge in [0.1, 0.15) is 0 Å². The Labute approximate surface area is 130 Å². The maximum absolute atomic E-state index is 6.41. The number of hydrogen-bond donors (Lipinski definition) is 1. The van der Waals surface area contributed by atoms with Crippen LogP contribution in [-0.4, -0.2) is 54.1 Å². The minimum atomic E-state index is 0.322. The summed E-state index contributed by atoms with van der Waals surface area (Å²) in [4.78, 5) is 5.64. The lowest BCUT2D eigenvalue weighted by Gasteiger charge is -2.52. The molecule has 4 rings (SSSR count). The highest BCUT2D eigenvalue weighted by atomic mass is 15.3. The van der Waals surface area contributed by atoms with Crippen molar-refractivity contribution in [3.8, 4) is 0 Å². The molecule has 0 aromatic rings. The maximum atomic E-state index is 6.41. The first kappa shape index (κ1) is 14.5. The van der Waals surface area contributed by atoms with Crippen LogP contribution in [0.5, 0.6) is 0 Å². The third kappa shape index (κ3) is 2.36. The van der Waals surface area contributed by atoms with Gasteiger partial charge in [0.2, 0.25) is 0 Å². The SMILES string of the molecule is NCC1(N2CCC3CCCCC3C2)CCN2CCCCC21. The summed E-state index contributed by atoms with van der Waals surface area (Å²) in [7, 11) is 0. The Kier molecular flexibility index (Phi) is 4.01. The van der Waals surface area contributed by atoms with Crippen molar-refractivity contribution in [2.45, 2.75) is 69.4 Å². The predicted molar refractivity (Wildman–Crippen MR) is 87.3 cm³/mol. The van der Waals surface area contributed by atoms with Gasteiger partial charge < -0.3 is 5.73 Å². The highest BCUT2D eigenvalue weighted by Crippen LogP contribution is 2.44. The van der Waals surface area contributed by atoms with E-state index in [4.69, 9.17) is 5.73 Å². The molecule has 0 radical (unpaired) electrons. The van der Waals surface area contributed by atoms with Gasteiger partial charge in [0.15, 0.2) is 0 Å². The zero-order valence-corrected chi connectivity index (χ0v) is 13.6. The van der Waals surface area contributed by atoms with Gasteiger partial charge in [-0.2, -0.15) is 0 Å². The van der Waals surface area contributed by atoms with Gasteiger partial charge in [0.05, 0.1) is 0 Å². The summed E-state index contributed by atoms with van der Waals surface area (Å²) >= 11 is 0. The molecule has 4 fully saturated rings. The molecule has 0 amide bonds. The second kappa shape index (κ2) is 5.82. The molecule has 120 valence electrons. The van der Waals surface area contributed by atoms with E-state index in [-0.39, 0.29) is 0 Å². The highest BCUT2D eigenvalue weighted by Gasteiger charge is 2.52. The molecule has 0 aromatic carbocycles. The molecular formula is C18H33N3. The maximum Gasteiger partial charge on any atom is 0.0498 e. The van der Waals surface area contributed by atoms with Gasteiger partial charge in [-0.05, 0) is 57.0 Å². The largest absolute Gasteiger partial charge is 0.329 e. The topological polar surface area (TPSA) is 32.5 Å². The van der Waals surface area contributed by atoms with Crippen molar-refractivity contribution in [1.29, 1.82) is 0 Å². The third-order valence-electron chi connectivity index (χ3n) is 7.34. The van der Waals surface area contributed by atoms with Gasteiger partial charge in [0.25, 0.3) is 0 Å². The standard InChI is InChI=1S/C18H33N3/c19-14-18(9-12-20-10-4-3-7-17(18)20)21-11-8-15-5-1-2-6-16(15)13-21/h15-17H,1-14,19H2. The summed E-state index contributed by atoms with van der Waals surface area (Å²) in [5.74, 6) is 2.02. The fourth-order valence-electron chi connectivity index (χ4n) is 6.11. The van der Waals surface area contributed by atoms with Crippen LogP contribution in [-0.2, 0) is 0 Å². The van der Waals surface area contributed by atoms with E-state index in [0.717, 1.165) is 24.4 Å². The summed E-state index contributed by atoms with van der Waals surface area (Å²) in [6.07, 6.45) is 12.9. The Hall–Kier alpha value is -0.120. The molecule has 21 heavy (non-hydrogen) atoms. The van der Waals surface area contributed by atoms with Gasteiger partial charge in [-0.1, -0.05) is 25.7 Å². The van der Waals surface area contributed by atoms with Crippen LogP contribution in [0.4, 0.5) is 0 Å². The zero-order chi connectivity index (χ0) is 14.3. The van der Waals surface area contributed by atoms with Crippen LogP contribution in [0.2, 0.25) is 0 Å². The van der Waals surface area contributed by atoms with E-state index < -0.39 is 0 Å². The monoisotopic (exact) mass is 291 g/mol. The van der Waals surface area contributed by atoms with E-state index in [1.165, 1.54) is 84.0 Å². The van der Waals surface area contributed by atoms with Crippen molar-refractivity contribution in [2.75, 3.05) is 32.7 Å². The molecule has 3 aliphatic heterocycles. The van der Waals surface area contributed by atoms with Gasteiger partial charge >= 0.3 is 0 Å². The van der Waals surface area contributed by atoms with E-state index in [1.807, 2.05) is 0 Å². The molecule has 3 heteroatoms. The molecule has 3 nitrogen and oxygen atoms in total. The van der Waals surface area contributed by atoms with Crippen molar-refractivity contribution >= 4 is 0 Å². The molecule has 4 unspecified atom stereocenters. The summed E-state index contributed by atoms with van der Waals surface area (Å²) in [6, 6.07) is 0.761. The highest BCUT2D eigenvalue weighted by molar-refractivity contribution is 5.10. The number of hydrogen-bond acceptors (Lipinski definition) is 3. The zero-order valence-electron chi connectivity index (χ0n) is 13.6. The Morgan fingerprint density at radius 3 is 2.52 bits per heavy atom. The van der Waals surface area contributed by atoms with Crippen molar-refractivity contribution < 1.29 is 0 Å². The van der Waals surface area contributed by atoms with Crippen LogP contribution in [0.25, 0.3) is 0 Å². The first-order valence-electron chi connectivity index (χ1n) is 9.53. The second-order valence-corrected chi connectivity index (χ2v) is 8.14. The average molecular weight is 291 g/mol. The van der Waals surface area contributed by atoms with Crippen LogP contribution in [0.3, 0.4) is 0 Å².